The molecule has 72 valence electrons. The van der Waals surface area contributed by atoms with Crippen LogP contribution in [0.1, 0.15) is 5.56 Å². The predicted octanol–water partition coefficient (Wildman–Crippen LogP) is 2.37. The second-order valence-corrected chi connectivity index (χ2v) is 2.97. The SMILES string of the molecule is COc1cc(C)c(Cl)c(O)c1OC. The summed E-state index contributed by atoms with van der Waals surface area (Å²) in [6.45, 7) is 1.78. The highest BCUT2D eigenvalue weighted by atomic mass is 35.5. The number of aromatic hydroxyl groups is 1. The minimum atomic E-state index is -0.0824. The average Bonchev–Trinajstić information content (AvgIpc) is 2.13. The van der Waals surface area contributed by atoms with E-state index < -0.39 is 0 Å². The van der Waals surface area contributed by atoms with E-state index in [1.807, 2.05) is 0 Å². The zero-order valence-electron chi connectivity index (χ0n) is 7.72. The van der Waals surface area contributed by atoms with Crippen molar-refractivity contribution in [3.05, 3.63) is 16.7 Å². The molecule has 0 spiro atoms. The maximum atomic E-state index is 9.55. The van der Waals surface area contributed by atoms with Gasteiger partial charge in [0.05, 0.1) is 19.2 Å². The minimum absolute atomic E-state index is 0.0824. The third-order valence-electron chi connectivity index (χ3n) is 1.76. The molecule has 0 saturated carbocycles. The van der Waals surface area contributed by atoms with Crippen LogP contribution in [0.15, 0.2) is 6.07 Å². The van der Waals surface area contributed by atoms with Crippen LogP contribution in [0.5, 0.6) is 17.2 Å². The lowest BCUT2D eigenvalue weighted by Gasteiger charge is -2.11. The predicted molar refractivity (Wildman–Crippen MR) is 51.0 cm³/mol. The van der Waals surface area contributed by atoms with Crippen molar-refractivity contribution in [1.82, 2.24) is 0 Å². The van der Waals surface area contributed by atoms with Gasteiger partial charge < -0.3 is 14.6 Å². The van der Waals surface area contributed by atoms with Gasteiger partial charge in [0.2, 0.25) is 5.75 Å². The smallest absolute Gasteiger partial charge is 0.204 e. The fourth-order valence-corrected chi connectivity index (χ4v) is 1.22. The van der Waals surface area contributed by atoms with Gasteiger partial charge in [0.25, 0.3) is 0 Å². The summed E-state index contributed by atoms with van der Waals surface area (Å²) in [6, 6.07) is 1.71. The van der Waals surface area contributed by atoms with Crippen LogP contribution in [0.25, 0.3) is 0 Å². The molecule has 0 atom stereocenters. The molecule has 0 amide bonds. The van der Waals surface area contributed by atoms with Gasteiger partial charge in [0.15, 0.2) is 11.5 Å². The summed E-state index contributed by atoms with van der Waals surface area (Å²) in [5.74, 6) is 0.654. The highest BCUT2D eigenvalue weighted by Crippen LogP contribution is 2.43. The van der Waals surface area contributed by atoms with Crippen molar-refractivity contribution in [3.8, 4) is 17.2 Å². The zero-order valence-corrected chi connectivity index (χ0v) is 8.47. The summed E-state index contributed by atoms with van der Waals surface area (Å²) < 4.78 is 9.95. The van der Waals surface area contributed by atoms with Crippen molar-refractivity contribution in [2.45, 2.75) is 6.92 Å². The van der Waals surface area contributed by atoms with Gasteiger partial charge in [-0.25, -0.2) is 0 Å². The number of benzene rings is 1. The molecule has 0 fully saturated rings. The van der Waals surface area contributed by atoms with E-state index in [1.165, 1.54) is 14.2 Å². The van der Waals surface area contributed by atoms with Gasteiger partial charge in [0, 0.05) is 0 Å². The molecular formula is C9H11ClO3. The number of aryl methyl sites for hydroxylation is 1. The zero-order chi connectivity index (χ0) is 10.0. The Morgan fingerprint density at radius 1 is 1.31 bits per heavy atom. The highest BCUT2D eigenvalue weighted by Gasteiger charge is 2.15. The summed E-state index contributed by atoms with van der Waals surface area (Å²) in [5.41, 5.74) is 0.747. The van der Waals surface area contributed by atoms with Crippen LogP contribution in [0, 0.1) is 6.92 Å². The number of hydrogen-bond donors (Lipinski definition) is 1. The molecule has 0 unspecified atom stereocenters. The maximum absolute atomic E-state index is 9.55. The number of rotatable bonds is 2. The van der Waals surface area contributed by atoms with E-state index in [0.717, 1.165) is 5.56 Å². The van der Waals surface area contributed by atoms with Crippen molar-refractivity contribution in [2.75, 3.05) is 14.2 Å². The Morgan fingerprint density at radius 3 is 2.38 bits per heavy atom. The number of methoxy groups -OCH3 is 2. The Labute approximate surface area is 81.9 Å². The fourth-order valence-electron chi connectivity index (χ4n) is 1.08. The number of phenols is 1. The summed E-state index contributed by atoms with van der Waals surface area (Å²) in [4.78, 5) is 0. The first-order valence-electron chi connectivity index (χ1n) is 3.71. The fraction of sp³-hybridized carbons (Fsp3) is 0.333. The van der Waals surface area contributed by atoms with E-state index in [2.05, 4.69) is 0 Å². The van der Waals surface area contributed by atoms with E-state index in [4.69, 9.17) is 21.1 Å². The quantitative estimate of drug-likeness (QED) is 0.800. The topological polar surface area (TPSA) is 38.7 Å². The number of ether oxygens (including phenoxy) is 2. The van der Waals surface area contributed by atoms with Gasteiger partial charge in [-0.05, 0) is 18.6 Å². The molecule has 0 heterocycles. The monoisotopic (exact) mass is 202 g/mol. The molecule has 0 radical (unpaired) electrons. The molecule has 3 nitrogen and oxygen atoms in total. The van der Waals surface area contributed by atoms with Crippen LogP contribution in [0.3, 0.4) is 0 Å². The summed E-state index contributed by atoms with van der Waals surface area (Å²) >= 11 is 5.80. The van der Waals surface area contributed by atoms with Crippen molar-refractivity contribution < 1.29 is 14.6 Å². The molecular weight excluding hydrogens is 192 g/mol. The first-order chi connectivity index (χ1) is 6.11. The normalized spacial score (nSPS) is 9.85. The minimum Gasteiger partial charge on any atom is -0.503 e. The van der Waals surface area contributed by atoms with E-state index in [0.29, 0.717) is 5.75 Å². The number of halogens is 1. The second-order valence-electron chi connectivity index (χ2n) is 2.59. The lowest BCUT2D eigenvalue weighted by molar-refractivity contribution is 0.333. The lowest BCUT2D eigenvalue weighted by Crippen LogP contribution is -1.92. The molecule has 4 heteroatoms. The summed E-state index contributed by atoms with van der Waals surface area (Å²) in [6.07, 6.45) is 0. The van der Waals surface area contributed by atoms with E-state index >= 15 is 0 Å². The average molecular weight is 203 g/mol. The third kappa shape index (κ3) is 1.65. The van der Waals surface area contributed by atoms with E-state index in [9.17, 15) is 5.11 Å². The molecule has 0 aliphatic heterocycles. The molecule has 0 aliphatic carbocycles. The summed E-state index contributed by atoms with van der Waals surface area (Å²) in [7, 11) is 2.95. The first kappa shape index (κ1) is 9.99. The van der Waals surface area contributed by atoms with Crippen molar-refractivity contribution in [2.24, 2.45) is 0 Å². The molecule has 0 saturated heterocycles. The summed E-state index contributed by atoms with van der Waals surface area (Å²) in [5, 5.41) is 9.84. The maximum Gasteiger partial charge on any atom is 0.204 e. The Morgan fingerprint density at radius 2 is 1.92 bits per heavy atom. The lowest BCUT2D eigenvalue weighted by atomic mass is 10.2. The molecule has 0 aliphatic rings. The van der Waals surface area contributed by atoms with E-state index in [-0.39, 0.29) is 16.5 Å². The van der Waals surface area contributed by atoms with Crippen LogP contribution in [-0.2, 0) is 0 Å². The Hall–Kier alpha value is -1.09. The molecule has 0 bridgehead atoms. The van der Waals surface area contributed by atoms with Gasteiger partial charge >= 0.3 is 0 Å². The Balaban J connectivity index is 3.39. The van der Waals surface area contributed by atoms with Crippen LogP contribution in [0.4, 0.5) is 0 Å². The van der Waals surface area contributed by atoms with Crippen molar-refractivity contribution in [1.29, 1.82) is 0 Å². The van der Waals surface area contributed by atoms with Crippen LogP contribution >= 0.6 is 11.6 Å². The number of phenolic OH excluding ortho intramolecular Hbond substituents is 1. The Kier molecular flexibility index (Phi) is 2.88. The first-order valence-corrected chi connectivity index (χ1v) is 4.09. The Bertz CT molecular complexity index is 323. The van der Waals surface area contributed by atoms with Crippen LogP contribution in [0.2, 0.25) is 5.02 Å². The molecule has 0 aromatic heterocycles. The second kappa shape index (κ2) is 3.75. The van der Waals surface area contributed by atoms with Gasteiger partial charge in [-0.15, -0.1) is 0 Å². The molecule has 13 heavy (non-hydrogen) atoms. The van der Waals surface area contributed by atoms with Crippen LogP contribution in [-0.4, -0.2) is 19.3 Å². The van der Waals surface area contributed by atoms with Gasteiger partial charge in [-0.2, -0.15) is 0 Å². The van der Waals surface area contributed by atoms with Crippen LogP contribution < -0.4 is 9.47 Å². The van der Waals surface area contributed by atoms with Gasteiger partial charge in [0.1, 0.15) is 0 Å². The molecule has 1 rings (SSSR count). The largest absolute Gasteiger partial charge is 0.503 e. The molecule has 1 N–H and O–H groups in total. The van der Waals surface area contributed by atoms with Crippen molar-refractivity contribution in [3.63, 3.8) is 0 Å². The molecule has 1 aromatic carbocycles. The molecule has 1 aromatic rings. The van der Waals surface area contributed by atoms with Gasteiger partial charge in [-0.3, -0.25) is 0 Å². The van der Waals surface area contributed by atoms with Crippen molar-refractivity contribution >= 4 is 11.6 Å². The van der Waals surface area contributed by atoms with E-state index in [1.54, 1.807) is 13.0 Å². The van der Waals surface area contributed by atoms with Gasteiger partial charge in [-0.1, -0.05) is 11.6 Å². The highest BCUT2D eigenvalue weighted by molar-refractivity contribution is 6.33. The number of hydrogen-bond acceptors (Lipinski definition) is 3. The third-order valence-corrected chi connectivity index (χ3v) is 2.24. The standard InChI is InChI=1S/C9H11ClO3/c1-5-4-6(12-2)9(13-3)8(11)7(5)10/h4,11H,1-3H3.